The first kappa shape index (κ1) is 18.2. The molecule has 3 N–H and O–H groups in total. The van der Waals surface area contributed by atoms with Crippen LogP contribution in [0.2, 0.25) is 0 Å². The first-order chi connectivity index (χ1) is 14.6. The lowest BCUT2D eigenvalue weighted by Crippen LogP contribution is -2.47. The van der Waals surface area contributed by atoms with Crippen molar-refractivity contribution in [2.24, 2.45) is 0 Å². The summed E-state index contributed by atoms with van der Waals surface area (Å²) >= 11 is 0. The molecule has 5 rings (SSSR count). The lowest BCUT2D eigenvalue weighted by atomic mass is 10.2. The van der Waals surface area contributed by atoms with Crippen molar-refractivity contribution in [1.82, 2.24) is 19.5 Å². The van der Waals surface area contributed by atoms with E-state index in [2.05, 4.69) is 19.8 Å². The van der Waals surface area contributed by atoms with Crippen molar-refractivity contribution in [3.8, 4) is 11.4 Å². The number of nitrogen functional groups attached to an aromatic ring is 1. The monoisotopic (exact) mass is 401 g/mol. The van der Waals surface area contributed by atoms with Gasteiger partial charge in [-0.25, -0.2) is 0 Å². The van der Waals surface area contributed by atoms with Crippen molar-refractivity contribution < 1.29 is 5.11 Å². The average molecular weight is 401 g/mol. The Hall–Kier alpha value is -3.81. The van der Waals surface area contributed by atoms with Gasteiger partial charge >= 0.3 is 0 Å². The fourth-order valence-electron chi connectivity index (χ4n) is 3.88. The van der Waals surface area contributed by atoms with Crippen LogP contribution in [-0.2, 0) is 0 Å². The van der Waals surface area contributed by atoms with Gasteiger partial charge in [0.1, 0.15) is 11.6 Å². The molecule has 0 saturated carbocycles. The molecule has 1 saturated heterocycles. The number of hydrogen-bond donors (Lipinski definition) is 2. The summed E-state index contributed by atoms with van der Waals surface area (Å²) in [7, 11) is 0. The van der Waals surface area contributed by atoms with E-state index < -0.39 is 0 Å². The average Bonchev–Trinajstić information content (AvgIpc) is 3.19. The van der Waals surface area contributed by atoms with Crippen LogP contribution in [0.5, 0.6) is 5.75 Å². The van der Waals surface area contributed by atoms with Crippen LogP contribution in [0.1, 0.15) is 5.69 Å². The number of nitrogens with zero attached hydrogens (tertiary/aromatic N) is 6. The summed E-state index contributed by atoms with van der Waals surface area (Å²) < 4.78 is 2.03. The number of aryl methyl sites for hydroxylation is 1. The molecule has 8 nitrogen and oxygen atoms in total. The molecular formula is C22H23N7O. The van der Waals surface area contributed by atoms with Gasteiger partial charge in [-0.05, 0) is 49.4 Å². The van der Waals surface area contributed by atoms with Crippen LogP contribution in [0.15, 0.2) is 54.9 Å². The van der Waals surface area contributed by atoms with Crippen LogP contribution in [0.4, 0.5) is 17.5 Å². The number of pyridine rings is 1. The van der Waals surface area contributed by atoms with Gasteiger partial charge in [0.2, 0.25) is 5.95 Å². The Balaban J connectivity index is 1.42. The molecule has 1 fully saturated rings. The lowest BCUT2D eigenvalue weighted by Gasteiger charge is -2.36. The summed E-state index contributed by atoms with van der Waals surface area (Å²) in [5.41, 5.74) is 10.1. The smallest absolute Gasteiger partial charge is 0.229 e. The van der Waals surface area contributed by atoms with Gasteiger partial charge in [0.15, 0.2) is 5.65 Å². The second kappa shape index (κ2) is 7.22. The molecule has 8 heteroatoms. The number of rotatable bonds is 3. The van der Waals surface area contributed by atoms with Gasteiger partial charge in [0.25, 0.3) is 0 Å². The second-order valence-electron chi connectivity index (χ2n) is 7.48. The summed E-state index contributed by atoms with van der Waals surface area (Å²) in [5, 5.41) is 10.3. The summed E-state index contributed by atoms with van der Waals surface area (Å²) in [5.74, 6) is 1.42. The third-order valence-electron chi connectivity index (χ3n) is 5.50. The zero-order chi connectivity index (χ0) is 20.7. The number of aromatic nitrogens is 4. The number of phenolic OH excluding ortho intramolecular Hbond substituents is 1. The molecule has 1 aromatic carbocycles. The topological polar surface area (TPSA) is 96.3 Å². The first-order valence-electron chi connectivity index (χ1n) is 9.95. The highest BCUT2D eigenvalue weighted by molar-refractivity contribution is 5.88. The summed E-state index contributed by atoms with van der Waals surface area (Å²) in [6.07, 6.45) is 3.77. The predicted molar refractivity (Wildman–Crippen MR) is 118 cm³/mol. The van der Waals surface area contributed by atoms with Gasteiger partial charge in [0, 0.05) is 50.0 Å². The number of aromatic hydroxyl groups is 1. The van der Waals surface area contributed by atoms with E-state index in [0.29, 0.717) is 11.8 Å². The largest absolute Gasteiger partial charge is 0.508 e. The number of phenols is 1. The van der Waals surface area contributed by atoms with Crippen LogP contribution < -0.4 is 15.5 Å². The van der Waals surface area contributed by atoms with Crippen molar-refractivity contribution in [1.29, 1.82) is 0 Å². The molecule has 152 valence electrons. The SMILES string of the molecule is Cc1cc(-n2ccc3c(N)nc(N4CCN(c5ccc(O)cc5)CC4)nc32)ccn1. The van der Waals surface area contributed by atoms with Gasteiger partial charge < -0.3 is 25.2 Å². The quantitative estimate of drug-likeness (QED) is 0.545. The minimum Gasteiger partial charge on any atom is -0.508 e. The molecule has 0 bridgehead atoms. The minimum absolute atomic E-state index is 0.280. The zero-order valence-corrected chi connectivity index (χ0v) is 16.7. The Morgan fingerprint density at radius 3 is 2.37 bits per heavy atom. The highest BCUT2D eigenvalue weighted by Crippen LogP contribution is 2.27. The minimum atomic E-state index is 0.280. The fraction of sp³-hybridized carbons (Fsp3) is 0.227. The Labute approximate surface area is 174 Å². The maximum Gasteiger partial charge on any atom is 0.229 e. The zero-order valence-electron chi connectivity index (χ0n) is 16.7. The van der Waals surface area contributed by atoms with E-state index in [1.54, 1.807) is 18.3 Å². The maximum absolute atomic E-state index is 9.50. The van der Waals surface area contributed by atoms with Crippen LogP contribution in [0.25, 0.3) is 16.7 Å². The van der Waals surface area contributed by atoms with Gasteiger partial charge in [-0.3, -0.25) is 4.98 Å². The van der Waals surface area contributed by atoms with E-state index in [1.165, 1.54) is 0 Å². The van der Waals surface area contributed by atoms with E-state index in [-0.39, 0.29) is 5.75 Å². The van der Waals surface area contributed by atoms with Gasteiger partial charge in [-0.1, -0.05) is 0 Å². The number of piperazine rings is 1. The number of fused-ring (bicyclic) bond motifs is 1. The molecule has 0 aliphatic carbocycles. The number of hydrogen-bond acceptors (Lipinski definition) is 7. The van der Waals surface area contributed by atoms with Crippen LogP contribution in [0.3, 0.4) is 0 Å². The van der Waals surface area contributed by atoms with Crippen molar-refractivity contribution in [3.05, 3.63) is 60.6 Å². The highest BCUT2D eigenvalue weighted by atomic mass is 16.3. The van der Waals surface area contributed by atoms with Crippen LogP contribution >= 0.6 is 0 Å². The van der Waals surface area contributed by atoms with Gasteiger partial charge in [0.05, 0.1) is 11.1 Å². The standard InChI is InChI=1S/C22H23N7O/c1-15-14-17(6-8-24-15)29-9-7-19-20(23)25-22(26-21(19)29)28-12-10-27(11-13-28)16-2-4-18(30)5-3-16/h2-9,14,30H,10-13H2,1H3,(H2,23,25,26). The molecule has 0 amide bonds. The Morgan fingerprint density at radius 2 is 1.63 bits per heavy atom. The number of benzene rings is 1. The molecule has 4 heterocycles. The molecular weight excluding hydrogens is 378 g/mol. The summed E-state index contributed by atoms with van der Waals surface area (Å²) in [6, 6.07) is 13.2. The molecule has 0 unspecified atom stereocenters. The molecule has 1 aliphatic rings. The van der Waals surface area contributed by atoms with E-state index >= 15 is 0 Å². The van der Waals surface area contributed by atoms with Crippen molar-refractivity contribution in [2.45, 2.75) is 6.92 Å². The molecule has 0 radical (unpaired) electrons. The predicted octanol–water partition coefficient (Wildman–Crippen LogP) is 2.74. The van der Waals surface area contributed by atoms with E-state index in [4.69, 9.17) is 10.7 Å². The third kappa shape index (κ3) is 3.26. The Kier molecular flexibility index (Phi) is 4.39. The summed E-state index contributed by atoms with van der Waals surface area (Å²) in [6.45, 7) is 5.24. The fourth-order valence-corrected chi connectivity index (χ4v) is 3.88. The van der Waals surface area contributed by atoms with Gasteiger partial charge in [-0.15, -0.1) is 0 Å². The molecule has 4 aromatic rings. The van der Waals surface area contributed by atoms with Crippen molar-refractivity contribution >= 4 is 28.5 Å². The molecule has 0 atom stereocenters. The Morgan fingerprint density at radius 1 is 0.900 bits per heavy atom. The van der Waals surface area contributed by atoms with E-state index in [9.17, 15) is 5.11 Å². The maximum atomic E-state index is 9.50. The van der Waals surface area contributed by atoms with Gasteiger partial charge in [-0.2, -0.15) is 9.97 Å². The highest BCUT2D eigenvalue weighted by Gasteiger charge is 2.21. The molecule has 3 aromatic heterocycles. The molecule has 1 aliphatic heterocycles. The van der Waals surface area contributed by atoms with Crippen molar-refractivity contribution in [3.63, 3.8) is 0 Å². The molecule has 30 heavy (non-hydrogen) atoms. The number of nitrogens with two attached hydrogens (primary N) is 1. The van der Waals surface area contributed by atoms with Crippen molar-refractivity contribution in [2.75, 3.05) is 41.7 Å². The van der Waals surface area contributed by atoms with Crippen LogP contribution in [0, 0.1) is 6.92 Å². The Bertz CT molecular complexity index is 1190. The first-order valence-corrected chi connectivity index (χ1v) is 9.95. The number of anilines is 3. The lowest BCUT2D eigenvalue weighted by molar-refractivity contribution is 0.475. The van der Waals surface area contributed by atoms with E-state index in [1.807, 2.05) is 48.0 Å². The van der Waals surface area contributed by atoms with Crippen LogP contribution in [-0.4, -0.2) is 50.8 Å². The van der Waals surface area contributed by atoms with E-state index in [0.717, 1.165) is 54.3 Å². The summed E-state index contributed by atoms with van der Waals surface area (Å²) in [4.78, 5) is 18.2. The normalized spacial score (nSPS) is 14.4. The molecule has 0 spiro atoms. The third-order valence-corrected chi connectivity index (χ3v) is 5.50. The second-order valence-corrected chi connectivity index (χ2v) is 7.48.